The van der Waals surface area contributed by atoms with Crippen molar-refractivity contribution in [3.05, 3.63) is 63.6 Å². The predicted octanol–water partition coefficient (Wildman–Crippen LogP) is 3.14. The summed E-state index contributed by atoms with van der Waals surface area (Å²) in [6.45, 7) is 5.59. The summed E-state index contributed by atoms with van der Waals surface area (Å²) in [5.41, 5.74) is 3.32. The van der Waals surface area contributed by atoms with Crippen molar-refractivity contribution in [1.82, 2.24) is 15.6 Å². The maximum Gasteiger partial charge on any atom is 0.262 e. The van der Waals surface area contributed by atoms with Crippen LogP contribution in [0.1, 0.15) is 29.8 Å². The number of amides is 3. The molecule has 0 aliphatic carbocycles. The Morgan fingerprint density at radius 2 is 1.83 bits per heavy atom. The fourth-order valence-corrected chi connectivity index (χ4v) is 3.69. The van der Waals surface area contributed by atoms with E-state index >= 15 is 0 Å². The highest BCUT2D eigenvalue weighted by Crippen LogP contribution is 2.22. The summed E-state index contributed by atoms with van der Waals surface area (Å²) in [4.78, 5) is 39.4. The summed E-state index contributed by atoms with van der Waals surface area (Å²) in [7, 11) is 0. The molecule has 0 aromatic heterocycles. The molecule has 2 aromatic carbocycles. The van der Waals surface area contributed by atoms with Crippen molar-refractivity contribution < 1.29 is 23.9 Å². The smallest absolute Gasteiger partial charge is 0.262 e. The number of ether oxygens (including phenoxy) is 2. The summed E-state index contributed by atoms with van der Waals surface area (Å²) in [6.07, 6.45) is 1.42. The van der Waals surface area contributed by atoms with Crippen molar-refractivity contribution in [3.63, 3.8) is 0 Å². The van der Waals surface area contributed by atoms with E-state index in [1.165, 1.54) is 24.4 Å². The van der Waals surface area contributed by atoms with E-state index in [1.54, 1.807) is 43.0 Å². The second-order valence-electron chi connectivity index (χ2n) is 8.38. The number of nitrogens with one attached hydrogen (secondary N) is 2. The Labute approximate surface area is 219 Å². The van der Waals surface area contributed by atoms with Gasteiger partial charge in [-0.2, -0.15) is 5.10 Å². The van der Waals surface area contributed by atoms with Crippen molar-refractivity contribution in [2.75, 3.05) is 32.9 Å². The minimum absolute atomic E-state index is 0.118. The fraction of sp³-hybridized carbons (Fsp3) is 0.360. The summed E-state index contributed by atoms with van der Waals surface area (Å²) < 4.78 is 11.0. The van der Waals surface area contributed by atoms with Crippen LogP contribution in [0.5, 0.6) is 5.75 Å². The lowest BCUT2D eigenvalue weighted by Gasteiger charge is -2.26. The average molecular weight is 535 g/mol. The second kappa shape index (κ2) is 13.2. The van der Waals surface area contributed by atoms with E-state index in [0.717, 1.165) is 0 Å². The Morgan fingerprint density at radius 3 is 2.53 bits per heavy atom. The minimum atomic E-state index is -0.846. The van der Waals surface area contributed by atoms with Crippen molar-refractivity contribution in [1.29, 1.82) is 0 Å². The van der Waals surface area contributed by atoms with Gasteiger partial charge in [0.2, 0.25) is 0 Å². The SMILES string of the molecule is CC(C)C(NC(=O)c1ccc(Cl)c(Cl)c1)C(=O)N/N=C/c1ccccc1OCC(=O)N1CCOCC1. The van der Waals surface area contributed by atoms with Crippen LogP contribution >= 0.6 is 23.2 Å². The molecule has 9 nitrogen and oxygen atoms in total. The van der Waals surface area contributed by atoms with Crippen LogP contribution in [0, 0.1) is 5.92 Å². The van der Waals surface area contributed by atoms with E-state index in [9.17, 15) is 14.4 Å². The van der Waals surface area contributed by atoms with E-state index in [1.807, 2.05) is 0 Å². The predicted molar refractivity (Wildman–Crippen MR) is 138 cm³/mol. The number of benzene rings is 2. The molecule has 1 aliphatic heterocycles. The van der Waals surface area contributed by atoms with Gasteiger partial charge in [0.15, 0.2) is 6.61 Å². The zero-order valence-corrected chi connectivity index (χ0v) is 21.5. The number of morpholine rings is 1. The van der Waals surface area contributed by atoms with Crippen LogP contribution in [0.4, 0.5) is 0 Å². The molecule has 2 aromatic rings. The van der Waals surface area contributed by atoms with Crippen molar-refractivity contribution in [2.45, 2.75) is 19.9 Å². The van der Waals surface area contributed by atoms with Crippen LogP contribution < -0.4 is 15.5 Å². The van der Waals surface area contributed by atoms with E-state index in [0.29, 0.717) is 42.6 Å². The van der Waals surface area contributed by atoms with Gasteiger partial charge in [0.1, 0.15) is 11.8 Å². The largest absolute Gasteiger partial charge is 0.483 e. The number of hydrogen-bond donors (Lipinski definition) is 2. The Hall–Kier alpha value is -3.14. The molecule has 3 amide bonds. The average Bonchev–Trinajstić information content (AvgIpc) is 2.88. The van der Waals surface area contributed by atoms with Gasteiger partial charge >= 0.3 is 0 Å². The van der Waals surface area contributed by atoms with Gasteiger partial charge in [0, 0.05) is 24.2 Å². The first-order chi connectivity index (χ1) is 17.3. The molecule has 1 aliphatic rings. The molecule has 3 rings (SSSR count). The van der Waals surface area contributed by atoms with Gasteiger partial charge < -0.3 is 19.7 Å². The molecule has 0 bridgehead atoms. The number of carbonyl (C=O) groups is 3. The Bertz CT molecular complexity index is 1120. The second-order valence-corrected chi connectivity index (χ2v) is 9.19. The maximum atomic E-state index is 12.8. The summed E-state index contributed by atoms with van der Waals surface area (Å²) >= 11 is 11.9. The molecule has 11 heteroatoms. The van der Waals surface area contributed by atoms with Gasteiger partial charge in [-0.25, -0.2) is 5.43 Å². The van der Waals surface area contributed by atoms with Crippen LogP contribution in [-0.2, 0) is 14.3 Å². The third-order valence-corrected chi connectivity index (χ3v) is 6.17. The van der Waals surface area contributed by atoms with Crippen LogP contribution in [0.2, 0.25) is 10.0 Å². The standard InChI is InChI=1S/C25H28Cl2N4O5/c1-16(2)23(29-24(33)17-7-8-19(26)20(27)13-17)25(34)30-28-14-18-5-3-4-6-21(18)36-15-22(32)31-9-11-35-12-10-31/h3-8,13-14,16,23H,9-12,15H2,1-2H3,(H,29,33)(H,30,34)/b28-14+. The summed E-state index contributed by atoms with van der Waals surface area (Å²) in [5, 5.41) is 7.29. The highest BCUT2D eigenvalue weighted by atomic mass is 35.5. The molecular weight excluding hydrogens is 507 g/mol. The zero-order valence-electron chi connectivity index (χ0n) is 20.0. The topological polar surface area (TPSA) is 109 Å². The maximum absolute atomic E-state index is 12.8. The molecule has 0 radical (unpaired) electrons. The lowest BCUT2D eigenvalue weighted by Crippen LogP contribution is -2.48. The van der Waals surface area contributed by atoms with E-state index in [4.69, 9.17) is 32.7 Å². The number of hydrazone groups is 1. The van der Waals surface area contributed by atoms with Gasteiger partial charge in [-0.15, -0.1) is 0 Å². The Kier molecular flexibility index (Phi) is 10.1. The number of halogens is 2. The van der Waals surface area contributed by atoms with Crippen molar-refractivity contribution >= 4 is 47.1 Å². The third kappa shape index (κ3) is 7.68. The van der Waals surface area contributed by atoms with Crippen LogP contribution in [0.25, 0.3) is 0 Å². The van der Waals surface area contributed by atoms with Crippen molar-refractivity contribution in [3.8, 4) is 5.75 Å². The van der Waals surface area contributed by atoms with Gasteiger partial charge in [-0.1, -0.05) is 49.2 Å². The first-order valence-electron chi connectivity index (χ1n) is 11.4. The number of para-hydroxylation sites is 1. The van der Waals surface area contributed by atoms with Crippen LogP contribution in [0.15, 0.2) is 47.6 Å². The monoisotopic (exact) mass is 534 g/mol. The van der Waals surface area contributed by atoms with Crippen LogP contribution in [-0.4, -0.2) is 67.8 Å². The Morgan fingerprint density at radius 1 is 1.11 bits per heavy atom. The molecule has 2 N–H and O–H groups in total. The normalized spacial score (nSPS) is 14.5. The van der Waals surface area contributed by atoms with Gasteiger partial charge in [-0.05, 0) is 36.2 Å². The van der Waals surface area contributed by atoms with E-state index in [2.05, 4.69) is 15.8 Å². The number of hydrogen-bond acceptors (Lipinski definition) is 6. The lowest BCUT2D eigenvalue weighted by atomic mass is 10.0. The molecule has 0 saturated carbocycles. The van der Waals surface area contributed by atoms with E-state index < -0.39 is 17.9 Å². The zero-order chi connectivity index (χ0) is 26.1. The highest BCUT2D eigenvalue weighted by molar-refractivity contribution is 6.42. The molecule has 1 heterocycles. The number of nitrogens with zero attached hydrogens (tertiary/aromatic N) is 2. The van der Waals surface area contributed by atoms with Crippen LogP contribution in [0.3, 0.4) is 0 Å². The van der Waals surface area contributed by atoms with Gasteiger partial charge in [0.25, 0.3) is 17.7 Å². The fourth-order valence-electron chi connectivity index (χ4n) is 3.39. The highest BCUT2D eigenvalue weighted by Gasteiger charge is 2.25. The van der Waals surface area contributed by atoms with Crippen molar-refractivity contribution in [2.24, 2.45) is 11.0 Å². The molecule has 192 valence electrons. The third-order valence-electron chi connectivity index (χ3n) is 5.43. The molecule has 1 fully saturated rings. The minimum Gasteiger partial charge on any atom is -0.483 e. The summed E-state index contributed by atoms with van der Waals surface area (Å²) in [5.74, 6) is -0.847. The molecular formula is C25H28Cl2N4O5. The summed E-state index contributed by atoms with van der Waals surface area (Å²) in [6, 6.07) is 10.7. The molecule has 1 saturated heterocycles. The molecule has 36 heavy (non-hydrogen) atoms. The first-order valence-corrected chi connectivity index (χ1v) is 12.2. The van der Waals surface area contributed by atoms with Gasteiger partial charge in [0.05, 0.1) is 29.5 Å². The van der Waals surface area contributed by atoms with E-state index in [-0.39, 0.29) is 29.0 Å². The van der Waals surface area contributed by atoms with Gasteiger partial charge in [-0.3, -0.25) is 14.4 Å². The molecule has 1 unspecified atom stereocenters. The Balaban J connectivity index is 1.59. The molecule has 0 spiro atoms. The lowest BCUT2D eigenvalue weighted by molar-refractivity contribution is -0.137. The number of rotatable bonds is 9. The first kappa shape index (κ1) is 27.4. The number of carbonyl (C=O) groups excluding carboxylic acids is 3. The quantitative estimate of drug-likeness (QED) is 0.379. The molecule has 1 atom stereocenters.